The second-order valence-corrected chi connectivity index (χ2v) is 5.97. The van der Waals surface area contributed by atoms with Gasteiger partial charge in [-0.3, -0.25) is 4.79 Å². The standard InChI is InChI=1S/C17H15F3N2O3S/c1-10(25-16(24)13-4-3-9-21-15(13)26-2)14(23)22-12-7-5-11(6-8-12)17(18,19)20/h3-10H,1-2H3,(H,22,23)/t10-/m0/s1. The Morgan fingerprint density at radius 1 is 1.19 bits per heavy atom. The van der Waals surface area contributed by atoms with Gasteiger partial charge in [0.25, 0.3) is 5.91 Å². The molecule has 138 valence electrons. The number of hydrogen-bond donors (Lipinski definition) is 1. The van der Waals surface area contributed by atoms with Crippen LogP contribution in [0.1, 0.15) is 22.8 Å². The molecule has 26 heavy (non-hydrogen) atoms. The first-order valence-electron chi connectivity index (χ1n) is 7.40. The molecule has 9 heteroatoms. The molecule has 2 rings (SSSR count). The van der Waals surface area contributed by atoms with Crippen LogP contribution in [-0.2, 0) is 15.7 Å². The summed E-state index contributed by atoms with van der Waals surface area (Å²) in [5, 5.41) is 2.87. The van der Waals surface area contributed by atoms with Crippen molar-refractivity contribution in [3.63, 3.8) is 0 Å². The number of carbonyl (C=O) groups is 2. The maximum Gasteiger partial charge on any atom is 0.416 e. The summed E-state index contributed by atoms with van der Waals surface area (Å²) in [5.74, 6) is -1.37. The minimum atomic E-state index is -4.45. The fourth-order valence-electron chi connectivity index (χ4n) is 1.97. The number of pyridine rings is 1. The van der Waals surface area contributed by atoms with Gasteiger partial charge in [0.1, 0.15) is 5.03 Å². The van der Waals surface area contributed by atoms with Gasteiger partial charge in [-0.25, -0.2) is 9.78 Å². The predicted octanol–water partition coefficient (Wildman–Crippen LogP) is 4.01. The molecular formula is C17H15F3N2O3S. The van der Waals surface area contributed by atoms with Gasteiger partial charge >= 0.3 is 12.1 Å². The number of amides is 1. The normalized spacial score (nSPS) is 12.3. The zero-order valence-corrected chi connectivity index (χ0v) is 14.6. The molecule has 1 amide bonds. The van der Waals surface area contributed by atoms with Gasteiger partial charge in [0.15, 0.2) is 6.10 Å². The molecule has 1 aromatic heterocycles. The fraction of sp³-hybridized carbons (Fsp3) is 0.235. The molecule has 0 radical (unpaired) electrons. The molecule has 0 unspecified atom stereocenters. The number of halogens is 3. The van der Waals surface area contributed by atoms with Crippen molar-refractivity contribution in [1.82, 2.24) is 4.98 Å². The zero-order valence-electron chi connectivity index (χ0n) is 13.8. The van der Waals surface area contributed by atoms with Crippen molar-refractivity contribution in [3.8, 4) is 0 Å². The van der Waals surface area contributed by atoms with Crippen LogP contribution < -0.4 is 5.32 Å². The van der Waals surface area contributed by atoms with Gasteiger partial charge in [-0.1, -0.05) is 0 Å². The quantitative estimate of drug-likeness (QED) is 0.623. The number of ether oxygens (including phenoxy) is 1. The summed E-state index contributed by atoms with van der Waals surface area (Å²) in [5.41, 5.74) is -0.428. The molecule has 0 aliphatic rings. The van der Waals surface area contributed by atoms with E-state index in [1.807, 2.05) is 0 Å². The molecule has 0 aliphatic heterocycles. The Morgan fingerprint density at radius 3 is 2.42 bits per heavy atom. The molecule has 0 saturated heterocycles. The molecule has 0 fully saturated rings. The number of anilines is 1. The van der Waals surface area contributed by atoms with Crippen molar-refractivity contribution in [3.05, 3.63) is 53.7 Å². The van der Waals surface area contributed by atoms with Gasteiger partial charge < -0.3 is 10.1 Å². The molecule has 0 saturated carbocycles. The highest BCUT2D eigenvalue weighted by Crippen LogP contribution is 2.29. The van der Waals surface area contributed by atoms with Crippen molar-refractivity contribution in [1.29, 1.82) is 0 Å². The Morgan fingerprint density at radius 2 is 1.85 bits per heavy atom. The lowest BCUT2D eigenvalue weighted by molar-refractivity contribution is -0.137. The van der Waals surface area contributed by atoms with E-state index in [9.17, 15) is 22.8 Å². The summed E-state index contributed by atoms with van der Waals surface area (Å²) in [6.45, 7) is 1.37. The van der Waals surface area contributed by atoms with Gasteiger partial charge in [-0.05, 0) is 49.6 Å². The second-order valence-electron chi connectivity index (χ2n) is 5.17. The minimum absolute atomic E-state index is 0.164. The van der Waals surface area contributed by atoms with E-state index >= 15 is 0 Å². The van der Waals surface area contributed by atoms with Crippen LogP contribution in [0.5, 0.6) is 0 Å². The monoisotopic (exact) mass is 384 g/mol. The summed E-state index contributed by atoms with van der Waals surface area (Å²) >= 11 is 1.26. The van der Waals surface area contributed by atoms with Crippen LogP contribution in [0.2, 0.25) is 0 Å². The summed E-state index contributed by atoms with van der Waals surface area (Å²) in [7, 11) is 0. The number of nitrogens with zero attached hydrogens (tertiary/aromatic N) is 1. The zero-order chi connectivity index (χ0) is 19.3. The van der Waals surface area contributed by atoms with Gasteiger partial charge in [0.2, 0.25) is 0 Å². The predicted molar refractivity (Wildman–Crippen MR) is 91.0 cm³/mol. The second kappa shape index (κ2) is 8.22. The largest absolute Gasteiger partial charge is 0.449 e. The summed E-state index contributed by atoms with van der Waals surface area (Å²) in [6.07, 6.45) is -2.31. The molecule has 0 spiro atoms. The molecule has 5 nitrogen and oxygen atoms in total. The number of carbonyl (C=O) groups excluding carboxylic acids is 2. The Labute approximate surface area is 152 Å². The van der Waals surface area contributed by atoms with Crippen LogP contribution >= 0.6 is 11.8 Å². The molecule has 0 bridgehead atoms. The van der Waals surface area contributed by atoms with Crippen molar-refractivity contribution < 1.29 is 27.5 Å². The van der Waals surface area contributed by atoms with Crippen LogP contribution in [0.3, 0.4) is 0 Å². The molecule has 1 heterocycles. The Kier molecular flexibility index (Phi) is 6.25. The van der Waals surface area contributed by atoms with Crippen LogP contribution in [0, 0.1) is 0 Å². The fourth-order valence-corrected chi connectivity index (χ4v) is 2.51. The van der Waals surface area contributed by atoms with Crippen LogP contribution in [0.4, 0.5) is 18.9 Å². The van der Waals surface area contributed by atoms with Crippen molar-refractivity contribution >= 4 is 29.3 Å². The highest BCUT2D eigenvalue weighted by Gasteiger charge is 2.30. The number of alkyl halides is 3. The van der Waals surface area contributed by atoms with Gasteiger partial charge in [-0.2, -0.15) is 13.2 Å². The van der Waals surface area contributed by atoms with E-state index in [0.29, 0.717) is 5.03 Å². The molecule has 1 aromatic carbocycles. The third kappa shape index (κ3) is 4.98. The van der Waals surface area contributed by atoms with E-state index in [-0.39, 0.29) is 11.3 Å². The number of thioether (sulfide) groups is 1. The SMILES string of the molecule is CSc1ncccc1C(=O)O[C@@H](C)C(=O)Nc1ccc(C(F)(F)F)cc1. The maximum absolute atomic E-state index is 12.5. The van der Waals surface area contributed by atoms with Crippen LogP contribution in [0.15, 0.2) is 47.6 Å². The van der Waals surface area contributed by atoms with Crippen molar-refractivity contribution in [2.75, 3.05) is 11.6 Å². The third-order valence-electron chi connectivity index (χ3n) is 3.32. The average Bonchev–Trinajstić information content (AvgIpc) is 2.61. The maximum atomic E-state index is 12.5. The Bertz CT molecular complexity index is 795. The number of esters is 1. The topological polar surface area (TPSA) is 68.3 Å². The van der Waals surface area contributed by atoms with Gasteiger partial charge in [0, 0.05) is 11.9 Å². The van der Waals surface area contributed by atoms with Crippen LogP contribution in [-0.4, -0.2) is 29.2 Å². The lowest BCUT2D eigenvalue weighted by atomic mass is 10.2. The third-order valence-corrected chi connectivity index (χ3v) is 4.03. The Hall–Kier alpha value is -2.55. The number of benzene rings is 1. The summed E-state index contributed by atoms with van der Waals surface area (Å²) in [4.78, 5) is 28.3. The van der Waals surface area contributed by atoms with Gasteiger partial charge in [0.05, 0.1) is 11.1 Å². The highest BCUT2D eigenvalue weighted by molar-refractivity contribution is 7.98. The number of aromatic nitrogens is 1. The van der Waals surface area contributed by atoms with E-state index in [1.165, 1.54) is 30.9 Å². The first kappa shape index (κ1) is 19.8. The van der Waals surface area contributed by atoms with E-state index in [1.54, 1.807) is 12.3 Å². The Balaban J connectivity index is 2.00. The molecule has 0 aliphatic carbocycles. The molecule has 1 N–H and O–H groups in total. The average molecular weight is 384 g/mol. The lowest BCUT2D eigenvalue weighted by Gasteiger charge is -2.15. The highest BCUT2D eigenvalue weighted by atomic mass is 32.2. The number of rotatable bonds is 5. The minimum Gasteiger partial charge on any atom is -0.449 e. The first-order valence-corrected chi connectivity index (χ1v) is 8.63. The van der Waals surface area contributed by atoms with Crippen molar-refractivity contribution in [2.24, 2.45) is 0 Å². The van der Waals surface area contributed by atoms with E-state index in [0.717, 1.165) is 24.3 Å². The molecular weight excluding hydrogens is 369 g/mol. The molecule has 2 aromatic rings. The molecule has 1 atom stereocenters. The van der Waals surface area contributed by atoms with E-state index < -0.39 is 29.7 Å². The smallest absolute Gasteiger partial charge is 0.416 e. The number of hydrogen-bond acceptors (Lipinski definition) is 5. The van der Waals surface area contributed by atoms with Crippen LogP contribution in [0.25, 0.3) is 0 Å². The summed E-state index contributed by atoms with van der Waals surface area (Å²) < 4.78 is 42.7. The van der Waals surface area contributed by atoms with E-state index in [2.05, 4.69) is 10.3 Å². The van der Waals surface area contributed by atoms with Crippen molar-refractivity contribution in [2.45, 2.75) is 24.2 Å². The first-order chi connectivity index (χ1) is 12.2. The van der Waals surface area contributed by atoms with E-state index in [4.69, 9.17) is 4.74 Å². The number of nitrogens with one attached hydrogen (secondary N) is 1. The van der Waals surface area contributed by atoms with Gasteiger partial charge in [-0.15, -0.1) is 11.8 Å². The lowest BCUT2D eigenvalue weighted by Crippen LogP contribution is -2.30. The summed E-state index contributed by atoms with van der Waals surface area (Å²) in [6, 6.07) is 7.06.